The van der Waals surface area contributed by atoms with Crippen molar-refractivity contribution >= 4 is 46.2 Å². The predicted octanol–water partition coefficient (Wildman–Crippen LogP) is 2.67. The number of anilines is 2. The zero-order valence-corrected chi connectivity index (χ0v) is 19.5. The molecule has 0 spiro atoms. The Morgan fingerprint density at radius 3 is 2.65 bits per heavy atom. The number of aryl methyl sites for hydroxylation is 1. The molecule has 34 heavy (non-hydrogen) atoms. The molecule has 1 aromatic carbocycles. The molecule has 0 radical (unpaired) electrons. The van der Waals surface area contributed by atoms with Gasteiger partial charge in [0.25, 0.3) is 0 Å². The molecule has 1 aliphatic heterocycles. The maximum absolute atomic E-state index is 11.9. The van der Waals surface area contributed by atoms with Crippen molar-refractivity contribution in [3.8, 4) is 0 Å². The Morgan fingerprint density at radius 1 is 1.24 bits per heavy atom. The summed E-state index contributed by atoms with van der Waals surface area (Å²) in [6.45, 7) is 4.09. The summed E-state index contributed by atoms with van der Waals surface area (Å²) in [7, 11) is 0. The highest BCUT2D eigenvalue weighted by atomic mass is 35.5. The van der Waals surface area contributed by atoms with E-state index in [1.807, 2.05) is 12.1 Å². The topological polar surface area (TPSA) is 138 Å². The van der Waals surface area contributed by atoms with Crippen LogP contribution in [0.25, 0.3) is 11.2 Å². The van der Waals surface area contributed by atoms with Gasteiger partial charge < -0.3 is 29.2 Å². The molecule has 0 saturated carbocycles. The summed E-state index contributed by atoms with van der Waals surface area (Å²) in [5.41, 5.74) is 1.73. The minimum Gasteiger partial charge on any atom is -0.463 e. The molecule has 2 aromatic heterocycles. The lowest BCUT2D eigenvalue weighted by Gasteiger charge is -2.39. The highest BCUT2D eigenvalue weighted by Gasteiger charge is 2.43. The summed E-state index contributed by atoms with van der Waals surface area (Å²) in [6.07, 6.45) is -1.27. The van der Waals surface area contributed by atoms with Crippen molar-refractivity contribution in [3.05, 3.63) is 41.4 Å². The van der Waals surface area contributed by atoms with Crippen LogP contribution in [0, 0.1) is 6.92 Å². The number of carbonyl (C=O) groups excluding carboxylic acids is 2. The van der Waals surface area contributed by atoms with E-state index in [1.165, 1.54) is 13.8 Å². The molecular weight excluding hydrogens is 466 g/mol. The number of halogens is 1. The Balaban J connectivity index is 1.73. The molecule has 0 bridgehead atoms. The van der Waals surface area contributed by atoms with Crippen LogP contribution in [0.5, 0.6) is 0 Å². The normalized spacial score (nSPS) is 22.4. The van der Waals surface area contributed by atoms with E-state index in [-0.39, 0.29) is 13.0 Å². The lowest BCUT2D eigenvalue weighted by Crippen LogP contribution is -2.50. The quantitative estimate of drug-likeness (QED) is 0.497. The zero-order valence-electron chi connectivity index (χ0n) is 18.8. The molecule has 0 unspecified atom stereocenters. The molecular formula is C22H24ClN5O6. The van der Waals surface area contributed by atoms with Gasteiger partial charge in [0.15, 0.2) is 29.4 Å². The van der Waals surface area contributed by atoms with Crippen LogP contribution in [0.2, 0.25) is 5.02 Å². The van der Waals surface area contributed by atoms with Gasteiger partial charge in [0.1, 0.15) is 18.5 Å². The van der Waals surface area contributed by atoms with Crippen molar-refractivity contribution in [1.82, 2.24) is 19.5 Å². The number of benzene rings is 1. The third-order valence-electron chi connectivity index (χ3n) is 5.27. The molecule has 4 atom stereocenters. The molecule has 3 aromatic rings. The summed E-state index contributed by atoms with van der Waals surface area (Å²) < 4.78 is 17.9. The minimum atomic E-state index is -1.18. The summed E-state index contributed by atoms with van der Waals surface area (Å²) in [6, 6.07) is 6.55. The number of imidazole rings is 1. The first-order valence-corrected chi connectivity index (χ1v) is 11.0. The second kappa shape index (κ2) is 9.92. The van der Waals surface area contributed by atoms with Crippen LogP contribution in [-0.4, -0.2) is 61.7 Å². The Labute approximate surface area is 200 Å². The highest BCUT2D eigenvalue weighted by Crippen LogP contribution is 2.34. The maximum Gasteiger partial charge on any atom is 0.303 e. The van der Waals surface area contributed by atoms with E-state index in [4.69, 9.17) is 25.8 Å². The Hall–Kier alpha value is -3.28. The monoisotopic (exact) mass is 489 g/mol. The molecule has 12 heteroatoms. The lowest BCUT2D eigenvalue weighted by atomic mass is 9.98. The van der Waals surface area contributed by atoms with Crippen LogP contribution in [0.15, 0.2) is 30.6 Å². The van der Waals surface area contributed by atoms with Gasteiger partial charge in [-0.2, -0.15) is 0 Å². The van der Waals surface area contributed by atoms with Crippen molar-refractivity contribution in [2.24, 2.45) is 0 Å². The summed E-state index contributed by atoms with van der Waals surface area (Å²) in [4.78, 5) is 36.7. The molecule has 0 aliphatic carbocycles. The largest absolute Gasteiger partial charge is 0.463 e. The predicted molar refractivity (Wildman–Crippen MR) is 122 cm³/mol. The molecule has 2 N–H and O–H groups in total. The zero-order chi connectivity index (χ0) is 24.4. The molecule has 3 heterocycles. The van der Waals surface area contributed by atoms with E-state index >= 15 is 0 Å². The van der Waals surface area contributed by atoms with Crippen LogP contribution in [-0.2, 0) is 23.8 Å². The van der Waals surface area contributed by atoms with Gasteiger partial charge >= 0.3 is 11.9 Å². The van der Waals surface area contributed by atoms with Crippen molar-refractivity contribution < 1.29 is 28.9 Å². The molecule has 0 amide bonds. The number of esters is 2. The van der Waals surface area contributed by atoms with Gasteiger partial charge in [-0.1, -0.05) is 11.6 Å². The number of rotatable bonds is 6. The first-order valence-electron chi connectivity index (χ1n) is 10.6. The number of fused-ring (bicyclic) bond motifs is 1. The van der Waals surface area contributed by atoms with E-state index in [0.29, 0.717) is 27.8 Å². The third-order valence-corrected chi connectivity index (χ3v) is 5.52. The number of aliphatic hydroxyl groups is 1. The van der Waals surface area contributed by atoms with Crippen LogP contribution in [0.3, 0.4) is 0 Å². The third kappa shape index (κ3) is 5.27. The Morgan fingerprint density at radius 2 is 1.97 bits per heavy atom. The second-order valence-corrected chi connectivity index (χ2v) is 8.32. The number of hydrogen-bond acceptors (Lipinski definition) is 10. The molecule has 11 nitrogen and oxygen atoms in total. The summed E-state index contributed by atoms with van der Waals surface area (Å²) in [5.74, 6) is -0.0882. The molecule has 1 aliphatic rings. The van der Waals surface area contributed by atoms with Crippen molar-refractivity contribution in [2.45, 2.75) is 51.7 Å². The Kier molecular flexibility index (Phi) is 6.96. The van der Waals surface area contributed by atoms with Crippen molar-refractivity contribution in [2.75, 3.05) is 11.9 Å². The number of nitrogens with one attached hydrogen (secondary N) is 1. The standard InChI is InChI=1S/C22H24ClN5O6/c1-11-25-21(27-15-6-4-14(23)5-7-15)19-22(26-11)28(10-24-19)16-8-18(31)34-17(9-32-12(2)29)20(16)33-13(3)30/h4-7,10,16-18,20,31H,8-9H2,1-3H3,(H,25,26,27)/t16-,17-,18+,20+/m1/s1. The fourth-order valence-corrected chi connectivity index (χ4v) is 4.03. The average molecular weight is 490 g/mol. The van der Waals surface area contributed by atoms with Crippen LogP contribution in [0.4, 0.5) is 11.5 Å². The van der Waals surface area contributed by atoms with E-state index in [9.17, 15) is 14.7 Å². The molecule has 1 saturated heterocycles. The van der Waals surface area contributed by atoms with Crippen molar-refractivity contribution in [3.63, 3.8) is 0 Å². The number of aliphatic hydroxyl groups excluding tert-OH is 1. The number of carbonyl (C=O) groups is 2. The number of ether oxygens (including phenoxy) is 3. The van der Waals surface area contributed by atoms with Crippen LogP contribution >= 0.6 is 11.6 Å². The number of hydrogen-bond donors (Lipinski definition) is 2. The summed E-state index contributed by atoms with van der Waals surface area (Å²) >= 11 is 5.97. The average Bonchev–Trinajstić information content (AvgIpc) is 3.18. The van der Waals surface area contributed by atoms with E-state index in [0.717, 1.165) is 5.69 Å². The van der Waals surface area contributed by atoms with E-state index in [1.54, 1.807) is 30.0 Å². The van der Waals surface area contributed by atoms with Gasteiger partial charge in [-0.05, 0) is 31.2 Å². The minimum absolute atomic E-state index is 0.100. The SMILES string of the molecule is CC(=O)OC[C@H]1O[C@H](O)C[C@@H](n2cnc3c(Nc4ccc(Cl)cc4)nc(C)nc32)[C@@H]1OC(C)=O. The van der Waals surface area contributed by atoms with Gasteiger partial charge in [0, 0.05) is 31.0 Å². The smallest absolute Gasteiger partial charge is 0.303 e. The molecule has 4 rings (SSSR count). The van der Waals surface area contributed by atoms with Crippen LogP contribution in [0.1, 0.15) is 32.1 Å². The highest BCUT2D eigenvalue weighted by molar-refractivity contribution is 6.30. The van der Waals surface area contributed by atoms with Gasteiger partial charge in [0.2, 0.25) is 0 Å². The number of nitrogens with zero attached hydrogens (tertiary/aromatic N) is 4. The van der Waals surface area contributed by atoms with Gasteiger partial charge in [-0.15, -0.1) is 0 Å². The fraction of sp³-hybridized carbons (Fsp3) is 0.409. The van der Waals surface area contributed by atoms with Crippen LogP contribution < -0.4 is 5.32 Å². The van der Waals surface area contributed by atoms with Gasteiger partial charge in [-0.3, -0.25) is 9.59 Å². The maximum atomic E-state index is 11.9. The Bertz CT molecular complexity index is 1200. The van der Waals surface area contributed by atoms with E-state index < -0.39 is 36.5 Å². The van der Waals surface area contributed by atoms with Crippen molar-refractivity contribution in [1.29, 1.82) is 0 Å². The van der Waals surface area contributed by atoms with E-state index in [2.05, 4.69) is 20.3 Å². The van der Waals surface area contributed by atoms with Gasteiger partial charge in [0.05, 0.1) is 12.4 Å². The molecule has 1 fully saturated rings. The summed E-state index contributed by atoms with van der Waals surface area (Å²) in [5, 5.41) is 14.2. The first-order chi connectivity index (χ1) is 16.2. The fourth-order valence-electron chi connectivity index (χ4n) is 3.90. The van der Waals surface area contributed by atoms with Gasteiger partial charge in [-0.25, -0.2) is 15.0 Å². The second-order valence-electron chi connectivity index (χ2n) is 7.88. The number of aromatic nitrogens is 4. The lowest BCUT2D eigenvalue weighted by molar-refractivity contribution is -0.233. The molecule has 180 valence electrons. The first kappa shape index (κ1) is 23.9.